The van der Waals surface area contributed by atoms with Crippen LogP contribution < -0.4 is 0 Å². The number of carboxylic acids is 1. The number of aromatic carboxylic acids is 1. The number of hydrogen-bond donors (Lipinski definition) is 1. The molecule has 2 heterocycles. The highest BCUT2D eigenvalue weighted by Crippen LogP contribution is 2.22. The third-order valence-electron chi connectivity index (χ3n) is 4.35. The minimum atomic E-state index is -0.926. The summed E-state index contributed by atoms with van der Waals surface area (Å²) in [5.41, 5.74) is 1.58. The normalized spacial score (nSPS) is 17.4. The van der Waals surface area contributed by atoms with Crippen LogP contribution in [-0.4, -0.2) is 50.6 Å². The van der Waals surface area contributed by atoms with E-state index in [1.807, 2.05) is 6.07 Å². The molecule has 1 aliphatic rings. The van der Waals surface area contributed by atoms with Crippen molar-refractivity contribution in [1.29, 1.82) is 0 Å². The molecule has 112 valence electrons. The Bertz CT molecular complexity index is 644. The highest BCUT2D eigenvalue weighted by molar-refractivity contribution is 6.00. The molecule has 1 aromatic carbocycles. The molecule has 0 atom stereocenters. The van der Waals surface area contributed by atoms with Gasteiger partial charge in [0, 0.05) is 6.54 Å². The van der Waals surface area contributed by atoms with Gasteiger partial charge in [0.25, 0.3) is 0 Å². The molecular formula is C15H20N4O2. The predicted molar refractivity (Wildman–Crippen MR) is 79.3 cm³/mol. The third-order valence-corrected chi connectivity index (χ3v) is 4.35. The molecule has 1 fully saturated rings. The van der Waals surface area contributed by atoms with E-state index in [0.29, 0.717) is 17.0 Å². The fourth-order valence-corrected chi connectivity index (χ4v) is 3.06. The molecule has 1 aliphatic heterocycles. The van der Waals surface area contributed by atoms with E-state index in [4.69, 9.17) is 0 Å². The molecule has 1 saturated heterocycles. The maximum Gasteiger partial charge on any atom is 0.337 e. The smallest absolute Gasteiger partial charge is 0.337 e. The summed E-state index contributed by atoms with van der Waals surface area (Å²) in [6.45, 7) is 6.25. The molecule has 6 heteroatoms. The maximum absolute atomic E-state index is 11.4. The quantitative estimate of drug-likeness (QED) is 0.929. The molecule has 0 bridgehead atoms. The number of benzene rings is 1. The Kier molecular flexibility index (Phi) is 3.88. The highest BCUT2D eigenvalue weighted by Gasteiger charge is 2.21. The van der Waals surface area contributed by atoms with Crippen molar-refractivity contribution in [3.05, 3.63) is 23.8 Å². The van der Waals surface area contributed by atoms with Crippen LogP contribution in [-0.2, 0) is 6.54 Å². The molecule has 1 aromatic heterocycles. The van der Waals surface area contributed by atoms with Crippen LogP contribution in [0.25, 0.3) is 11.0 Å². The van der Waals surface area contributed by atoms with Crippen LogP contribution in [0.3, 0.4) is 0 Å². The maximum atomic E-state index is 11.4. The second kappa shape index (κ2) is 5.81. The second-order valence-electron chi connectivity index (χ2n) is 5.63. The third kappa shape index (κ3) is 2.76. The lowest BCUT2D eigenvalue weighted by atomic mass is 9.97. The van der Waals surface area contributed by atoms with E-state index in [9.17, 15) is 9.90 Å². The fourth-order valence-electron chi connectivity index (χ4n) is 3.06. The van der Waals surface area contributed by atoms with Gasteiger partial charge in [-0.3, -0.25) is 0 Å². The zero-order chi connectivity index (χ0) is 14.8. The summed E-state index contributed by atoms with van der Waals surface area (Å²) in [5, 5.41) is 17.6. The Morgan fingerprint density at radius 1 is 1.38 bits per heavy atom. The zero-order valence-corrected chi connectivity index (χ0v) is 12.2. The Morgan fingerprint density at radius 3 is 2.81 bits per heavy atom. The van der Waals surface area contributed by atoms with Gasteiger partial charge in [-0.05, 0) is 50.5 Å². The number of likely N-dealkylation sites (tertiary alicyclic amines) is 1. The average molecular weight is 288 g/mol. The Morgan fingerprint density at radius 2 is 2.14 bits per heavy atom. The van der Waals surface area contributed by atoms with Crippen molar-refractivity contribution in [2.75, 3.05) is 19.6 Å². The number of hydrogen-bond acceptors (Lipinski definition) is 4. The predicted octanol–water partition coefficient (Wildman–Crippen LogP) is 1.86. The van der Waals surface area contributed by atoms with Crippen molar-refractivity contribution in [3.8, 4) is 0 Å². The summed E-state index contributed by atoms with van der Waals surface area (Å²) in [6.07, 6.45) is 2.26. The summed E-state index contributed by atoms with van der Waals surface area (Å²) in [6, 6.07) is 5.14. The van der Waals surface area contributed by atoms with Gasteiger partial charge < -0.3 is 10.0 Å². The van der Waals surface area contributed by atoms with Crippen LogP contribution in [0.2, 0.25) is 0 Å². The average Bonchev–Trinajstić information content (AvgIpc) is 2.91. The largest absolute Gasteiger partial charge is 0.478 e. The zero-order valence-electron chi connectivity index (χ0n) is 12.2. The topological polar surface area (TPSA) is 71.2 Å². The summed E-state index contributed by atoms with van der Waals surface area (Å²) in [4.78, 5) is 13.8. The molecule has 0 saturated carbocycles. The minimum absolute atomic E-state index is 0.281. The van der Waals surface area contributed by atoms with Crippen LogP contribution in [0.15, 0.2) is 18.2 Å². The molecule has 2 aromatic rings. The lowest BCUT2D eigenvalue weighted by Gasteiger charge is -2.30. The van der Waals surface area contributed by atoms with Crippen molar-refractivity contribution < 1.29 is 9.90 Å². The first-order chi connectivity index (χ1) is 10.2. The monoisotopic (exact) mass is 288 g/mol. The van der Waals surface area contributed by atoms with E-state index in [2.05, 4.69) is 22.1 Å². The first-order valence-electron chi connectivity index (χ1n) is 7.47. The summed E-state index contributed by atoms with van der Waals surface area (Å²) >= 11 is 0. The number of fused-ring (bicyclic) bond motifs is 1. The van der Waals surface area contributed by atoms with Gasteiger partial charge in [-0.15, -0.1) is 5.10 Å². The second-order valence-corrected chi connectivity index (χ2v) is 5.63. The van der Waals surface area contributed by atoms with Crippen molar-refractivity contribution in [2.45, 2.75) is 26.3 Å². The first-order valence-corrected chi connectivity index (χ1v) is 7.47. The van der Waals surface area contributed by atoms with E-state index in [0.717, 1.165) is 39.0 Å². The Hall–Kier alpha value is -1.95. The van der Waals surface area contributed by atoms with E-state index in [1.54, 1.807) is 16.8 Å². The summed E-state index contributed by atoms with van der Waals surface area (Å²) in [5.74, 6) is -0.385. The number of nitrogens with zero attached hydrogens (tertiary/aromatic N) is 4. The van der Waals surface area contributed by atoms with Gasteiger partial charge in [-0.25, -0.2) is 9.48 Å². The lowest BCUT2D eigenvalue weighted by molar-refractivity contribution is 0.0698. The van der Waals surface area contributed by atoms with Gasteiger partial charge in [0.1, 0.15) is 11.0 Å². The molecule has 0 radical (unpaired) electrons. The van der Waals surface area contributed by atoms with E-state index in [-0.39, 0.29) is 5.56 Å². The van der Waals surface area contributed by atoms with E-state index >= 15 is 0 Å². The van der Waals surface area contributed by atoms with Crippen LogP contribution >= 0.6 is 0 Å². The van der Waals surface area contributed by atoms with Gasteiger partial charge >= 0.3 is 5.97 Å². The first kappa shape index (κ1) is 14.0. The van der Waals surface area contributed by atoms with Crippen molar-refractivity contribution in [1.82, 2.24) is 19.9 Å². The Labute approximate surface area is 123 Å². The number of carbonyl (C=O) groups is 1. The number of para-hydroxylation sites is 1. The Balaban J connectivity index is 1.83. The van der Waals surface area contributed by atoms with Crippen molar-refractivity contribution in [3.63, 3.8) is 0 Å². The number of rotatable bonds is 4. The van der Waals surface area contributed by atoms with Gasteiger partial charge in [-0.2, -0.15) is 0 Å². The van der Waals surface area contributed by atoms with Gasteiger partial charge in [0.15, 0.2) is 0 Å². The lowest BCUT2D eigenvalue weighted by Crippen LogP contribution is -2.34. The highest BCUT2D eigenvalue weighted by atomic mass is 16.4. The molecule has 21 heavy (non-hydrogen) atoms. The molecule has 0 amide bonds. The van der Waals surface area contributed by atoms with Gasteiger partial charge in [0.05, 0.1) is 5.56 Å². The fraction of sp³-hybridized carbons (Fsp3) is 0.533. The molecule has 0 spiro atoms. The van der Waals surface area contributed by atoms with E-state index in [1.165, 1.54) is 0 Å². The standard InChI is InChI=1S/C15H20N4O2/c1-2-18-8-6-11(7-9-18)10-19-14-12(15(20)21)4-3-5-13(14)16-17-19/h3-5,11H,2,6-10H2,1H3,(H,20,21). The SMILES string of the molecule is CCN1CCC(Cn2nnc3cccc(C(=O)O)c32)CC1. The van der Waals surface area contributed by atoms with Crippen molar-refractivity contribution >= 4 is 17.0 Å². The van der Waals surface area contributed by atoms with Crippen LogP contribution in [0.4, 0.5) is 0 Å². The molecule has 3 rings (SSSR count). The van der Waals surface area contributed by atoms with Crippen LogP contribution in [0.5, 0.6) is 0 Å². The van der Waals surface area contributed by atoms with Crippen LogP contribution in [0.1, 0.15) is 30.1 Å². The molecule has 6 nitrogen and oxygen atoms in total. The number of aromatic nitrogens is 3. The molecular weight excluding hydrogens is 268 g/mol. The molecule has 0 aliphatic carbocycles. The minimum Gasteiger partial charge on any atom is -0.478 e. The summed E-state index contributed by atoms with van der Waals surface area (Å²) in [7, 11) is 0. The number of piperidine rings is 1. The molecule has 1 N–H and O–H groups in total. The van der Waals surface area contributed by atoms with Gasteiger partial charge in [-0.1, -0.05) is 18.2 Å². The number of carboxylic acid groups (broad SMARTS) is 1. The van der Waals surface area contributed by atoms with E-state index < -0.39 is 5.97 Å². The summed E-state index contributed by atoms with van der Waals surface area (Å²) < 4.78 is 1.77. The van der Waals surface area contributed by atoms with Crippen molar-refractivity contribution in [2.24, 2.45) is 5.92 Å². The van der Waals surface area contributed by atoms with Crippen LogP contribution in [0, 0.1) is 5.92 Å². The van der Waals surface area contributed by atoms with Gasteiger partial charge in [0.2, 0.25) is 0 Å². The molecule has 0 unspecified atom stereocenters.